The molecule has 0 unspecified atom stereocenters. The molecular formula is C16H22N2S. The van der Waals surface area contributed by atoms with Crippen molar-refractivity contribution in [2.45, 2.75) is 26.6 Å². The van der Waals surface area contributed by atoms with Crippen molar-refractivity contribution in [3.8, 4) is 0 Å². The maximum atomic E-state index is 3.19. The summed E-state index contributed by atoms with van der Waals surface area (Å²) in [5.74, 6) is 0. The molecule has 0 saturated heterocycles. The summed E-state index contributed by atoms with van der Waals surface area (Å²) in [6, 6.07) is 13.1. The molecule has 0 aliphatic rings. The number of aryl methyl sites for hydroxylation is 1. The maximum absolute atomic E-state index is 3.19. The zero-order valence-corrected chi connectivity index (χ0v) is 12.8. The molecule has 0 spiro atoms. The Hall–Kier alpha value is -1.16. The number of benzene rings is 1. The highest BCUT2D eigenvalue weighted by atomic mass is 32.1. The Morgan fingerprint density at radius 1 is 1.05 bits per heavy atom. The molecule has 1 N–H and O–H groups in total. The highest BCUT2D eigenvalue weighted by molar-refractivity contribution is 7.11. The van der Waals surface area contributed by atoms with E-state index in [4.69, 9.17) is 0 Å². The summed E-state index contributed by atoms with van der Waals surface area (Å²) >= 11 is 1.90. The third kappa shape index (κ3) is 4.16. The van der Waals surface area contributed by atoms with Crippen LogP contribution in [-0.4, -0.2) is 19.0 Å². The van der Waals surface area contributed by atoms with Gasteiger partial charge in [-0.3, -0.25) is 4.90 Å². The third-order valence-electron chi connectivity index (χ3n) is 3.20. The molecule has 0 fully saturated rings. The highest BCUT2D eigenvalue weighted by Crippen LogP contribution is 2.19. The van der Waals surface area contributed by atoms with Crippen LogP contribution >= 0.6 is 11.3 Å². The zero-order valence-electron chi connectivity index (χ0n) is 11.9. The molecule has 0 aliphatic carbocycles. The van der Waals surface area contributed by atoms with E-state index in [9.17, 15) is 0 Å². The molecule has 1 aromatic heterocycles. The predicted octanol–water partition coefficient (Wildman–Crippen LogP) is 3.41. The molecule has 2 aromatic rings. The lowest BCUT2D eigenvalue weighted by molar-refractivity contribution is 0.321. The second-order valence-electron chi connectivity index (χ2n) is 5.00. The van der Waals surface area contributed by atoms with Crippen molar-refractivity contribution in [3.63, 3.8) is 0 Å². The number of nitrogens with zero attached hydrogens (tertiary/aromatic N) is 1. The molecule has 0 atom stereocenters. The van der Waals surface area contributed by atoms with Gasteiger partial charge in [-0.15, -0.1) is 11.3 Å². The van der Waals surface area contributed by atoms with E-state index in [0.29, 0.717) is 0 Å². The molecule has 2 rings (SSSR count). The normalized spacial score (nSPS) is 11.2. The van der Waals surface area contributed by atoms with E-state index in [1.54, 1.807) is 0 Å². The van der Waals surface area contributed by atoms with Crippen LogP contribution in [0.1, 0.15) is 20.9 Å². The summed E-state index contributed by atoms with van der Waals surface area (Å²) in [7, 11) is 4.17. The number of hydrogen-bond donors (Lipinski definition) is 1. The van der Waals surface area contributed by atoms with Crippen LogP contribution in [0.2, 0.25) is 0 Å². The van der Waals surface area contributed by atoms with Gasteiger partial charge in [-0.2, -0.15) is 0 Å². The minimum absolute atomic E-state index is 0.964. The minimum Gasteiger partial charge on any atom is -0.315 e. The van der Waals surface area contributed by atoms with E-state index in [1.165, 1.54) is 20.9 Å². The van der Waals surface area contributed by atoms with E-state index in [2.05, 4.69) is 60.6 Å². The molecular weight excluding hydrogens is 252 g/mol. The first kappa shape index (κ1) is 14.3. The lowest BCUT2D eigenvalue weighted by Crippen LogP contribution is -2.17. The van der Waals surface area contributed by atoms with Gasteiger partial charge < -0.3 is 5.32 Å². The standard InChI is InChI=1S/C16H22N2S/c1-13-6-4-5-7-14(13)11-18(3)12-16-9-8-15(19-16)10-17-2/h4-9,17H,10-12H2,1-3H3. The summed E-state index contributed by atoms with van der Waals surface area (Å²) in [5, 5.41) is 3.19. The quantitative estimate of drug-likeness (QED) is 0.868. The molecule has 19 heavy (non-hydrogen) atoms. The van der Waals surface area contributed by atoms with Crippen LogP contribution in [0.25, 0.3) is 0 Å². The van der Waals surface area contributed by atoms with Crippen molar-refractivity contribution in [2.24, 2.45) is 0 Å². The molecule has 0 amide bonds. The van der Waals surface area contributed by atoms with Crippen LogP contribution in [0.15, 0.2) is 36.4 Å². The van der Waals surface area contributed by atoms with Crippen LogP contribution < -0.4 is 5.32 Å². The van der Waals surface area contributed by atoms with Gasteiger partial charge in [0.1, 0.15) is 0 Å². The Morgan fingerprint density at radius 3 is 2.53 bits per heavy atom. The number of rotatable bonds is 6. The smallest absolute Gasteiger partial charge is 0.0328 e. The van der Waals surface area contributed by atoms with Crippen LogP contribution in [0.5, 0.6) is 0 Å². The van der Waals surface area contributed by atoms with Gasteiger partial charge in [0.15, 0.2) is 0 Å². The fourth-order valence-corrected chi connectivity index (χ4v) is 3.29. The third-order valence-corrected chi connectivity index (χ3v) is 4.27. The van der Waals surface area contributed by atoms with Gasteiger partial charge in [0.25, 0.3) is 0 Å². The van der Waals surface area contributed by atoms with Gasteiger partial charge in [-0.05, 0) is 44.3 Å². The van der Waals surface area contributed by atoms with E-state index in [1.807, 2.05) is 18.4 Å². The van der Waals surface area contributed by atoms with Crippen LogP contribution in [0, 0.1) is 6.92 Å². The highest BCUT2D eigenvalue weighted by Gasteiger charge is 2.06. The van der Waals surface area contributed by atoms with Crippen molar-refractivity contribution in [1.29, 1.82) is 0 Å². The molecule has 0 bridgehead atoms. The van der Waals surface area contributed by atoms with Gasteiger partial charge >= 0.3 is 0 Å². The van der Waals surface area contributed by atoms with E-state index in [0.717, 1.165) is 19.6 Å². The lowest BCUT2D eigenvalue weighted by Gasteiger charge is -2.17. The van der Waals surface area contributed by atoms with Gasteiger partial charge in [-0.1, -0.05) is 24.3 Å². The van der Waals surface area contributed by atoms with Gasteiger partial charge in [0.05, 0.1) is 0 Å². The van der Waals surface area contributed by atoms with E-state index < -0.39 is 0 Å². The largest absolute Gasteiger partial charge is 0.315 e. The molecule has 2 nitrogen and oxygen atoms in total. The van der Waals surface area contributed by atoms with Crippen molar-refractivity contribution in [2.75, 3.05) is 14.1 Å². The average Bonchev–Trinajstić information content (AvgIpc) is 2.80. The van der Waals surface area contributed by atoms with Crippen molar-refractivity contribution >= 4 is 11.3 Å². The predicted molar refractivity (Wildman–Crippen MR) is 83.4 cm³/mol. The second kappa shape index (κ2) is 6.85. The summed E-state index contributed by atoms with van der Waals surface area (Å²) < 4.78 is 0. The summed E-state index contributed by atoms with van der Waals surface area (Å²) in [5.41, 5.74) is 2.79. The lowest BCUT2D eigenvalue weighted by atomic mass is 10.1. The van der Waals surface area contributed by atoms with Crippen molar-refractivity contribution in [3.05, 3.63) is 57.3 Å². The van der Waals surface area contributed by atoms with Crippen LogP contribution in [0.3, 0.4) is 0 Å². The average molecular weight is 274 g/mol. The SMILES string of the molecule is CNCc1ccc(CN(C)Cc2ccccc2C)s1. The van der Waals surface area contributed by atoms with Crippen molar-refractivity contribution in [1.82, 2.24) is 10.2 Å². The minimum atomic E-state index is 0.964. The first-order valence-corrected chi connectivity index (χ1v) is 7.46. The first-order chi connectivity index (χ1) is 9.19. The Bertz CT molecular complexity index is 519. The Labute approximate surface area is 120 Å². The number of hydrogen-bond acceptors (Lipinski definition) is 3. The fraction of sp³-hybridized carbons (Fsp3) is 0.375. The molecule has 0 aliphatic heterocycles. The zero-order chi connectivity index (χ0) is 13.7. The fourth-order valence-electron chi connectivity index (χ4n) is 2.18. The van der Waals surface area contributed by atoms with Crippen LogP contribution in [0.4, 0.5) is 0 Å². The van der Waals surface area contributed by atoms with Gasteiger partial charge in [0.2, 0.25) is 0 Å². The molecule has 1 aromatic carbocycles. The molecule has 3 heteroatoms. The summed E-state index contributed by atoms with van der Waals surface area (Å²) in [6.07, 6.45) is 0. The summed E-state index contributed by atoms with van der Waals surface area (Å²) in [4.78, 5) is 5.21. The monoisotopic (exact) mass is 274 g/mol. The Morgan fingerprint density at radius 2 is 1.79 bits per heavy atom. The molecule has 102 valence electrons. The Balaban J connectivity index is 1.93. The van der Waals surface area contributed by atoms with Gasteiger partial charge in [0, 0.05) is 29.4 Å². The van der Waals surface area contributed by atoms with E-state index >= 15 is 0 Å². The van der Waals surface area contributed by atoms with E-state index in [-0.39, 0.29) is 0 Å². The second-order valence-corrected chi connectivity index (χ2v) is 6.25. The number of nitrogens with one attached hydrogen (secondary N) is 1. The molecule has 1 heterocycles. The number of thiophene rings is 1. The van der Waals surface area contributed by atoms with Gasteiger partial charge in [-0.25, -0.2) is 0 Å². The topological polar surface area (TPSA) is 15.3 Å². The summed E-state index contributed by atoms with van der Waals surface area (Å²) in [6.45, 7) is 5.17. The molecule has 0 radical (unpaired) electrons. The first-order valence-electron chi connectivity index (χ1n) is 6.64. The molecule has 0 saturated carbocycles. The van der Waals surface area contributed by atoms with Crippen molar-refractivity contribution < 1.29 is 0 Å². The van der Waals surface area contributed by atoms with Crippen LogP contribution in [-0.2, 0) is 19.6 Å². The Kier molecular flexibility index (Phi) is 5.14. The maximum Gasteiger partial charge on any atom is 0.0328 e.